The molecule has 1 N–H and O–H groups in total. The predicted molar refractivity (Wildman–Crippen MR) is 117 cm³/mol. The first-order valence-electron chi connectivity index (χ1n) is 10.5. The van der Waals surface area contributed by atoms with E-state index in [2.05, 4.69) is 15.5 Å². The van der Waals surface area contributed by atoms with E-state index in [9.17, 15) is 9.18 Å². The molecule has 1 saturated heterocycles. The standard InChI is InChI=1S/C23H25FN4O4/c1-3-31-19-9-4-16(14-20(19)30-2)21-26-23(32-27-21)28-12-10-15(11-13-28)22(29)25-18-7-5-17(24)6-8-18/h4-9,14-15H,3,10-13H2,1-2H3,(H,25,29). The van der Waals surface area contributed by atoms with Crippen LogP contribution in [0.4, 0.5) is 16.1 Å². The Labute approximate surface area is 185 Å². The maximum Gasteiger partial charge on any atom is 0.324 e. The van der Waals surface area contributed by atoms with Crippen molar-refractivity contribution in [3.63, 3.8) is 0 Å². The molecule has 2 heterocycles. The number of ether oxygens (including phenoxy) is 2. The second-order valence-electron chi connectivity index (χ2n) is 7.46. The molecule has 168 valence electrons. The Kier molecular flexibility index (Phi) is 6.53. The van der Waals surface area contributed by atoms with E-state index in [4.69, 9.17) is 14.0 Å². The number of benzene rings is 2. The van der Waals surface area contributed by atoms with Crippen LogP contribution < -0.4 is 19.7 Å². The molecule has 0 bridgehead atoms. The number of hydrogen-bond acceptors (Lipinski definition) is 7. The lowest BCUT2D eigenvalue weighted by Crippen LogP contribution is -2.38. The number of carbonyl (C=O) groups excluding carboxylic acids is 1. The van der Waals surface area contributed by atoms with Crippen molar-refractivity contribution in [1.29, 1.82) is 0 Å². The fourth-order valence-corrected chi connectivity index (χ4v) is 3.65. The first-order chi connectivity index (χ1) is 15.6. The number of nitrogens with one attached hydrogen (secondary N) is 1. The fourth-order valence-electron chi connectivity index (χ4n) is 3.65. The van der Waals surface area contributed by atoms with Gasteiger partial charge in [0, 0.05) is 30.3 Å². The molecule has 0 aliphatic carbocycles. The zero-order chi connectivity index (χ0) is 22.5. The van der Waals surface area contributed by atoms with E-state index in [0.29, 0.717) is 61.6 Å². The van der Waals surface area contributed by atoms with Gasteiger partial charge >= 0.3 is 6.01 Å². The third-order valence-electron chi connectivity index (χ3n) is 5.39. The van der Waals surface area contributed by atoms with Gasteiger partial charge in [-0.2, -0.15) is 4.98 Å². The van der Waals surface area contributed by atoms with Crippen LogP contribution in [0.3, 0.4) is 0 Å². The Hall–Kier alpha value is -3.62. The van der Waals surface area contributed by atoms with Crippen LogP contribution in [0.5, 0.6) is 11.5 Å². The average molecular weight is 440 g/mol. The van der Waals surface area contributed by atoms with E-state index in [1.807, 2.05) is 30.0 Å². The van der Waals surface area contributed by atoms with Gasteiger partial charge in [0.1, 0.15) is 5.82 Å². The summed E-state index contributed by atoms with van der Waals surface area (Å²) in [5.41, 5.74) is 1.35. The summed E-state index contributed by atoms with van der Waals surface area (Å²) in [6.07, 6.45) is 1.31. The second-order valence-corrected chi connectivity index (χ2v) is 7.46. The second kappa shape index (κ2) is 9.67. The maximum absolute atomic E-state index is 13.0. The third-order valence-corrected chi connectivity index (χ3v) is 5.39. The number of aromatic nitrogens is 2. The van der Waals surface area contributed by atoms with E-state index in [-0.39, 0.29) is 17.6 Å². The molecule has 2 aromatic carbocycles. The molecular formula is C23H25FN4O4. The van der Waals surface area contributed by atoms with Gasteiger partial charge in [0.25, 0.3) is 0 Å². The molecule has 8 nitrogen and oxygen atoms in total. The number of methoxy groups -OCH3 is 1. The normalized spacial score (nSPS) is 14.3. The first-order valence-corrected chi connectivity index (χ1v) is 10.5. The molecule has 1 fully saturated rings. The first kappa shape index (κ1) is 21.6. The van der Waals surface area contributed by atoms with Crippen molar-refractivity contribution in [2.24, 2.45) is 5.92 Å². The molecule has 0 spiro atoms. The number of nitrogens with zero attached hydrogens (tertiary/aromatic N) is 3. The van der Waals surface area contributed by atoms with Crippen molar-refractivity contribution in [2.45, 2.75) is 19.8 Å². The number of carbonyl (C=O) groups is 1. The number of hydrogen-bond donors (Lipinski definition) is 1. The Balaban J connectivity index is 1.36. The van der Waals surface area contributed by atoms with E-state index < -0.39 is 0 Å². The fraction of sp³-hybridized carbons (Fsp3) is 0.348. The van der Waals surface area contributed by atoms with Gasteiger partial charge in [-0.05, 0) is 62.2 Å². The molecule has 32 heavy (non-hydrogen) atoms. The van der Waals surface area contributed by atoms with Gasteiger partial charge in [-0.1, -0.05) is 5.16 Å². The summed E-state index contributed by atoms with van der Waals surface area (Å²) in [6.45, 7) is 3.69. The highest BCUT2D eigenvalue weighted by molar-refractivity contribution is 5.92. The van der Waals surface area contributed by atoms with Gasteiger partial charge in [-0.25, -0.2) is 4.39 Å². The molecule has 1 aliphatic heterocycles. The quantitative estimate of drug-likeness (QED) is 0.591. The molecule has 0 atom stereocenters. The van der Waals surface area contributed by atoms with Crippen LogP contribution in [-0.2, 0) is 4.79 Å². The smallest absolute Gasteiger partial charge is 0.324 e. The Bertz CT molecular complexity index is 1060. The van der Waals surface area contributed by atoms with Crippen LogP contribution in [0.1, 0.15) is 19.8 Å². The van der Waals surface area contributed by atoms with E-state index in [1.54, 1.807) is 19.2 Å². The molecule has 3 aromatic rings. The van der Waals surface area contributed by atoms with Crippen molar-refractivity contribution < 1.29 is 23.2 Å². The zero-order valence-corrected chi connectivity index (χ0v) is 18.0. The van der Waals surface area contributed by atoms with Crippen molar-refractivity contribution in [3.05, 3.63) is 48.3 Å². The largest absolute Gasteiger partial charge is 0.493 e. The summed E-state index contributed by atoms with van der Waals surface area (Å²) in [6, 6.07) is 11.7. The Morgan fingerprint density at radius 3 is 2.62 bits per heavy atom. The molecular weight excluding hydrogens is 415 g/mol. The predicted octanol–water partition coefficient (Wildman–Crippen LogP) is 4.14. The maximum atomic E-state index is 13.0. The molecule has 1 amide bonds. The number of piperidine rings is 1. The average Bonchev–Trinajstić information content (AvgIpc) is 3.31. The summed E-state index contributed by atoms with van der Waals surface area (Å²) in [7, 11) is 1.58. The number of anilines is 2. The van der Waals surface area contributed by atoms with Crippen LogP contribution in [-0.4, -0.2) is 42.9 Å². The number of halogens is 1. The van der Waals surface area contributed by atoms with Crippen molar-refractivity contribution in [3.8, 4) is 22.9 Å². The molecule has 1 aromatic heterocycles. The molecule has 1 aliphatic rings. The summed E-state index contributed by atoms with van der Waals surface area (Å²) in [4.78, 5) is 19.0. The van der Waals surface area contributed by atoms with Gasteiger partial charge in [0.15, 0.2) is 11.5 Å². The molecule has 0 radical (unpaired) electrons. The van der Waals surface area contributed by atoms with Crippen LogP contribution >= 0.6 is 0 Å². The summed E-state index contributed by atoms with van der Waals surface area (Å²) in [5, 5.41) is 6.94. The monoisotopic (exact) mass is 440 g/mol. The van der Waals surface area contributed by atoms with Crippen molar-refractivity contribution >= 4 is 17.6 Å². The summed E-state index contributed by atoms with van der Waals surface area (Å²) in [5.74, 6) is 1.18. The van der Waals surface area contributed by atoms with Gasteiger partial charge in [0.2, 0.25) is 11.7 Å². The van der Waals surface area contributed by atoms with Gasteiger partial charge in [-0.15, -0.1) is 0 Å². The Morgan fingerprint density at radius 2 is 1.94 bits per heavy atom. The third kappa shape index (κ3) is 4.82. The van der Waals surface area contributed by atoms with Crippen LogP contribution in [0.25, 0.3) is 11.4 Å². The van der Waals surface area contributed by atoms with Crippen LogP contribution in [0, 0.1) is 11.7 Å². The van der Waals surface area contributed by atoms with E-state index in [1.165, 1.54) is 12.1 Å². The molecule has 9 heteroatoms. The van der Waals surface area contributed by atoms with Crippen molar-refractivity contribution in [2.75, 3.05) is 37.0 Å². The van der Waals surface area contributed by atoms with Crippen LogP contribution in [0.2, 0.25) is 0 Å². The zero-order valence-electron chi connectivity index (χ0n) is 18.0. The lowest BCUT2D eigenvalue weighted by atomic mass is 9.96. The SMILES string of the molecule is CCOc1ccc(-c2noc(N3CCC(C(=O)Nc4ccc(F)cc4)CC3)n2)cc1OC. The van der Waals surface area contributed by atoms with Crippen molar-refractivity contribution in [1.82, 2.24) is 10.1 Å². The lowest BCUT2D eigenvalue weighted by Gasteiger charge is -2.29. The molecule has 4 rings (SSSR count). The van der Waals surface area contributed by atoms with Gasteiger partial charge < -0.3 is 24.2 Å². The minimum Gasteiger partial charge on any atom is -0.493 e. The lowest BCUT2D eigenvalue weighted by molar-refractivity contribution is -0.120. The van der Waals surface area contributed by atoms with Gasteiger partial charge in [0.05, 0.1) is 13.7 Å². The highest BCUT2D eigenvalue weighted by Crippen LogP contribution is 2.32. The highest BCUT2D eigenvalue weighted by Gasteiger charge is 2.28. The minimum atomic E-state index is -0.334. The minimum absolute atomic E-state index is 0.0658. The van der Waals surface area contributed by atoms with Crippen LogP contribution in [0.15, 0.2) is 47.0 Å². The molecule has 0 saturated carbocycles. The molecule has 0 unspecified atom stereocenters. The van der Waals surface area contributed by atoms with E-state index >= 15 is 0 Å². The Morgan fingerprint density at radius 1 is 1.19 bits per heavy atom. The number of rotatable bonds is 7. The van der Waals surface area contributed by atoms with E-state index in [0.717, 1.165) is 5.56 Å². The summed E-state index contributed by atoms with van der Waals surface area (Å²) < 4.78 is 29.4. The number of amides is 1. The summed E-state index contributed by atoms with van der Waals surface area (Å²) >= 11 is 0. The topological polar surface area (TPSA) is 89.7 Å². The highest BCUT2D eigenvalue weighted by atomic mass is 19.1. The van der Waals surface area contributed by atoms with Gasteiger partial charge in [-0.3, -0.25) is 4.79 Å².